The van der Waals surface area contributed by atoms with Crippen LogP contribution in [0, 0.1) is 5.92 Å². The number of hydrogen-bond acceptors (Lipinski definition) is 4. The molecule has 5 heteroatoms. The standard InChI is InChI=1S/C13H26N4O/c1-4-6-17-7-5-15-13(17)9-12(16-14)8-11(2)10-18-3/h5,7,11-12,16H,4,6,8-10,14H2,1-3H3. The molecule has 18 heavy (non-hydrogen) atoms. The fourth-order valence-electron chi connectivity index (χ4n) is 2.24. The quantitative estimate of drug-likeness (QED) is 0.515. The van der Waals surface area contributed by atoms with Gasteiger partial charge in [0.2, 0.25) is 0 Å². The smallest absolute Gasteiger partial charge is 0.110 e. The van der Waals surface area contributed by atoms with E-state index in [1.54, 1.807) is 7.11 Å². The number of nitrogens with two attached hydrogens (primary N) is 1. The number of ether oxygens (including phenoxy) is 1. The van der Waals surface area contributed by atoms with Crippen molar-refractivity contribution in [2.24, 2.45) is 11.8 Å². The third-order valence-corrected chi connectivity index (χ3v) is 3.07. The number of hydrogen-bond donors (Lipinski definition) is 2. The van der Waals surface area contributed by atoms with Crippen molar-refractivity contribution in [1.82, 2.24) is 15.0 Å². The van der Waals surface area contributed by atoms with E-state index in [2.05, 4.69) is 28.8 Å². The summed E-state index contributed by atoms with van der Waals surface area (Å²) < 4.78 is 7.36. The van der Waals surface area contributed by atoms with Crippen LogP contribution >= 0.6 is 0 Å². The Morgan fingerprint density at radius 3 is 2.94 bits per heavy atom. The van der Waals surface area contributed by atoms with Gasteiger partial charge in [0.05, 0.1) is 0 Å². The molecule has 1 aromatic heterocycles. The van der Waals surface area contributed by atoms with Gasteiger partial charge in [-0.15, -0.1) is 0 Å². The summed E-state index contributed by atoms with van der Waals surface area (Å²) in [6.45, 7) is 6.12. The lowest BCUT2D eigenvalue weighted by atomic mass is 10.0. The Bertz CT molecular complexity index is 327. The zero-order valence-corrected chi connectivity index (χ0v) is 11.7. The first-order valence-corrected chi connectivity index (χ1v) is 6.66. The van der Waals surface area contributed by atoms with Crippen molar-refractivity contribution in [1.29, 1.82) is 0 Å². The molecule has 0 saturated heterocycles. The van der Waals surface area contributed by atoms with Crippen molar-refractivity contribution < 1.29 is 4.74 Å². The largest absolute Gasteiger partial charge is 0.384 e. The van der Waals surface area contributed by atoms with E-state index in [4.69, 9.17) is 10.6 Å². The van der Waals surface area contributed by atoms with Gasteiger partial charge >= 0.3 is 0 Å². The molecule has 5 nitrogen and oxygen atoms in total. The van der Waals surface area contributed by atoms with Crippen LogP contribution in [0.5, 0.6) is 0 Å². The highest BCUT2D eigenvalue weighted by molar-refractivity contribution is 4.95. The molecule has 104 valence electrons. The van der Waals surface area contributed by atoms with Crippen molar-refractivity contribution >= 4 is 0 Å². The van der Waals surface area contributed by atoms with Gasteiger partial charge in [0.1, 0.15) is 5.82 Å². The van der Waals surface area contributed by atoms with Gasteiger partial charge in [-0.1, -0.05) is 13.8 Å². The highest BCUT2D eigenvalue weighted by Crippen LogP contribution is 2.11. The van der Waals surface area contributed by atoms with E-state index in [1.807, 2.05) is 12.4 Å². The summed E-state index contributed by atoms with van der Waals surface area (Å²) in [5, 5.41) is 0. The van der Waals surface area contributed by atoms with Crippen LogP contribution in [0.3, 0.4) is 0 Å². The van der Waals surface area contributed by atoms with E-state index in [0.717, 1.165) is 38.2 Å². The number of nitrogens with zero attached hydrogens (tertiary/aromatic N) is 2. The maximum atomic E-state index is 5.63. The van der Waals surface area contributed by atoms with Crippen molar-refractivity contribution in [3.05, 3.63) is 18.2 Å². The summed E-state index contributed by atoms with van der Waals surface area (Å²) in [6.07, 6.45) is 6.85. The molecule has 0 spiro atoms. The second-order valence-electron chi connectivity index (χ2n) is 4.90. The number of hydrazine groups is 1. The van der Waals surface area contributed by atoms with Crippen LogP contribution in [0.25, 0.3) is 0 Å². The van der Waals surface area contributed by atoms with E-state index in [-0.39, 0.29) is 6.04 Å². The molecular formula is C13H26N4O. The molecule has 1 rings (SSSR count). The zero-order chi connectivity index (χ0) is 13.4. The van der Waals surface area contributed by atoms with Crippen molar-refractivity contribution in [2.45, 2.75) is 45.7 Å². The van der Waals surface area contributed by atoms with Crippen LogP contribution in [0.4, 0.5) is 0 Å². The van der Waals surface area contributed by atoms with Crippen molar-refractivity contribution in [3.63, 3.8) is 0 Å². The van der Waals surface area contributed by atoms with Crippen LogP contribution in [0.2, 0.25) is 0 Å². The Hall–Kier alpha value is -0.910. The van der Waals surface area contributed by atoms with Crippen LogP contribution < -0.4 is 11.3 Å². The van der Waals surface area contributed by atoms with E-state index < -0.39 is 0 Å². The molecule has 0 aliphatic carbocycles. The number of aromatic nitrogens is 2. The first-order valence-electron chi connectivity index (χ1n) is 6.66. The maximum absolute atomic E-state index is 5.63. The summed E-state index contributed by atoms with van der Waals surface area (Å²) in [5.41, 5.74) is 2.89. The van der Waals surface area contributed by atoms with Crippen LogP contribution in [-0.4, -0.2) is 29.3 Å². The van der Waals surface area contributed by atoms with E-state index in [9.17, 15) is 0 Å². The predicted octanol–water partition coefficient (Wildman–Crippen LogP) is 1.34. The van der Waals surface area contributed by atoms with E-state index in [1.165, 1.54) is 0 Å². The van der Waals surface area contributed by atoms with E-state index in [0.29, 0.717) is 5.92 Å². The SMILES string of the molecule is CCCn1ccnc1CC(CC(C)COC)NN. The van der Waals surface area contributed by atoms with Crippen molar-refractivity contribution in [3.8, 4) is 0 Å². The second kappa shape index (κ2) is 8.24. The number of methoxy groups -OCH3 is 1. The highest BCUT2D eigenvalue weighted by Gasteiger charge is 2.15. The topological polar surface area (TPSA) is 65.1 Å². The number of aryl methyl sites for hydroxylation is 1. The fraction of sp³-hybridized carbons (Fsp3) is 0.769. The molecule has 2 atom stereocenters. The lowest BCUT2D eigenvalue weighted by molar-refractivity contribution is 0.149. The Labute approximate surface area is 110 Å². The summed E-state index contributed by atoms with van der Waals surface area (Å²) in [6, 6.07) is 0.244. The normalized spacial score (nSPS) is 14.7. The molecule has 0 fully saturated rings. The molecule has 0 radical (unpaired) electrons. The molecule has 0 aromatic carbocycles. The molecule has 0 amide bonds. The minimum atomic E-state index is 0.244. The minimum Gasteiger partial charge on any atom is -0.384 e. The predicted molar refractivity (Wildman–Crippen MR) is 73.0 cm³/mol. The molecule has 0 aliphatic heterocycles. The molecule has 1 aromatic rings. The van der Waals surface area contributed by atoms with Crippen molar-refractivity contribution in [2.75, 3.05) is 13.7 Å². The number of nitrogens with one attached hydrogen (secondary N) is 1. The first-order chi connectivity index (χ1) is 8.71. The molecule has 0 bridgehead atoms. The first kappa shape index (κ1) is 15.1. The van der Waals surface area contributed by atoms with Gasteiger partial charge in [-0.05, 0) is 18.8 Å². The lowest BCUT2D eigenvalue weighted by Gasteiger charge is -2.20. The van der Waals surface area contributed by atoms with Crippen LogP contribution in [0.15, 0.2) is 12.4 Å². The Balaban J connectivity index is 2.53. The third kappa shape index (κ3) is 4.76. The van der Waals surface area contributed by atoms with Gasteiger partial charge < -0.3 is 9.30 Å². The van der Waals surface area contributed by atoms with Gasteiger partial charge in [0.15, 0.2) is 0 Å². The summed E-state index contributed by atoms with van der Waals surface area (Å²) in [4.78, 5) is 4.41. The van der Waals surface area contributed by atoms with Gasteiger partial charge in [-0.25, -0.2) is 4.98 Å². The third-order valence-electron chi connectivity index (χ3n) is 3.07. The van der Waals surface area contributed by atoms with Gasteiger partial charge in [-0.2, -0.15) is 0 Å². The number of imidazole rings is 1. The molecule has 0 saturated carbocycles. The molecular weight excluding hydrogens is 228 g/mol. The zero-order valence-electron chi connectivity index (χ0n) is 11.7. The summed E-state index contributed by atoms with van der Waals surface area (Å²) in [7, 11) is 1.73. The summed E-state index contributed by atoms with van der Waals surface area (Å²) in [5.74, 6) is 7.22. The average molecular weight is 254 g/mol. The molecule has 3 N–H and O–H groups in total. The molecule has 0 aliphatic rings. The van der Waals surface area contributed by atoms with Gasteiger partial charge in [0, 0.05) is 45.1 Å². The van der Waals surface area contributed by atoms with Gasteiger partial charge in [-0.3, -0.25) is 11.3 Å². The highest BCUT2D eigenvalue weighted by atomic mass is 16.5. The second-order valence-corrected chi connectivity index (χ2v) is 4.90. The number of rotatable bonds is 9. The monoisotopic (exact) mass is 254 g/mol. The van der Waals surface area contributed by atoms with Crippen LogP contribution in [0.1, 0.15) is 32.5 Å². The molecule has 1 heterocycles. The Morgan fingerprint density at radius 1 is 1.56 bits per heavy atom. The minimum absolute atomic E-state index is 0.244. The van der Waals surface area contributed by atoms with Gasteiger partial charge in [0.25, 0.3) is 0 Å². The molecule has 2 unspecified atom stereocenters. The van der Waals surface area contributed by atoms with E-state index >= 15 is 0 Å². The Kier molecular flexibility index (Phi) is 6.93. The average Bonchev–Trinajstić information content (AvgIpc) is 2.76. The summed E-state index contributed by atoms with van der Waals surface area (Å²) >= 11 is 0. The maximum Gasteiger partial charge on any atom is 0.110 e. The van der Waals surface area contributed by atoms with Crippen LogP contribution in [-0.2, 0) is 17.7 Å². The fourth-order valence-corrected chi connectivity index (χ4v) is 2.24. The lowest BCUT2D eigenvalue weighted by Crippen LogP contribution is -2.39. The Morgan fingerprint density at radius 2 is 2.33 bits per heavy atom.